The highest BCUT2D eigenvalue weighted by Crippen LogP contribution is 2.26. The predicted molar refractivity (Wildman–Crippen MR) is 130 cm³/mol. The molecule has 0 aliphatic rings. The molecule has 2 aromatic heterocycles. The van der Waals surface area contributed by atoms with Crippen molar-refractivity contribution in [1.29, 1.82) is 0 Å². The first-order valence-corrected chi connectivity index (χ1v) is 11.7. The van der Waals surface area contributed by atoms with E-state index in [1.54, 1.807) is 18.3 Å². The summed E-state index contributed by atoms with van der Waals surface area (Å²) in [5.74, 6) is 0.366. The number of aryl methyl sites for hydroxylation is 2. The van der Waals surface area contributed by atoms with Crippen molar-refractivity contribution in [2.45, 2.75) is 27.0 Å². The fourth-order valence-electron chi connectivity index (χ4n) is 3.31. The number of aromatic nitrogens is 2. The topological polar surface area (TPSA) is 56.1 Å². The maximum Gasteiger partial charge on any atom is 0.266 e. The summed E-state index contributed by atoms with van der Waals surface area (Å²) in [6, 6.07) is 11.9. The summed E-state index contributed by atoms with van der Waals surface area (Å²) in [5, 5.41) is 9.52. The summed E-state index contributed by atoms with van der Waals surface area (Å²) in [6.07, 6.45) is 1.58. The lowest BCUT2D eigenvalue weighted by atomic mass is 10.1. The lowest BCUT2D eigenvalue weighted by Crippen LogP contribution is -2.12. The summed E-state index contributed by atoms with van der Waals surface area (Å²) in [4.78, 5) is 13.2. The molecule has 170 valence electrons. The van der Waals surface area contributed by atoms with Crippen LogP contribution in [0.2, 0.25) is 10.0 Å². The summed E-state index contributed by atoms with van der Waals surface area (Å²) in [6.45, 7) is 4.65. The van der Waals surface area contributed by atoms with Crippen molar-refractivity contribution in [3.63, 3.8) is 0 Å². The fourth-order valence-corrected chi connectivity index (χ4v) is 4.53. The van der Waals surface area contributed by atoms with Crippen molar-refractivity contribution >= 4 is 46.3 Å². The molecule has 1 N–H and O–H groups in total. The Hall–Kier alpha value is -2.87. The predicted octanol–water partition coefficient (Wildman–Crippen LogP) is 6.89. The third kappa shape index (κ3) is 5.55. The Labute approximate surface area is 204 Å². The third-order valence-corrected chi connectivity index (χ3v) is 6.57. The molecule has 0 aliphatic carbocycles. The molecule has 0 saturated carbocycles. The Kier molecular flexibility index (Phi) is 7.02. The number of nitrogens with one attached hydrogen (secondary N) is 1. The van der Waals surface area contributed by atoms with E-state index in [1.165, 1.54) is 28.2 Å². The number of thiophene rings is 1. The van der Waals surface area contributed by atoms with Gasteiger partial charge in [0.05, 0.1) is 11.4 Å². The molecule has 0 unspecified atom stereocenters. The molecule has 4 aromatic rings. The van der Waals surface area contributed by atoms with Gasteiger partial charge in [0.1, 0.15) is 23.2 Å². The number of ether oxygens (including phenoxy) is 1. The molecular weight excluding hydrogens is 484 g/mol. The van der Waals surface area contributed by atoms with E-state index in [0.717, 1.165) is 22.4 Å². The Balaban J connectivity index is 1.40. The number of halogens is 3. The van der Waals surface area contributed by atoms with Gasteiger partial charge in [-0.05, 0) is 54.1 Å². The molecule has 9 heteroatoms. The molecular formula is C24H20Cl2FN3O2S. The Bertz CT molecular complexity index is 1300. The second-order valence-electron chi connectivity index (χ2n) is 7.54. The van der Waals surface area contributed by atoms with Gasteiger partial charge in [0.25, 0.3) is 5.91 Å². The highest BCUT2D eigenvalue weighted by atomic mass is 35.5. The normalized spacial score (nSPS) is 10.9. The molecule has 33 heavy (non-hydrogen) atoms. The lowest BCUT2D eigenvalue weighted by Gasteiger charge is -2.10. The number of para-hydroxylation sites is 1. The van der Waals surface area contributed by atoms with E-state index in [1.807, 2.05) is 37.4 Å². The van der Waals surface area contributed by atoms with Crippen LogP contribution in [-0.4, -0.2) is 15.7 Å². The fraction of sp³-hybridized carbons (Fsp3) is 0.167. The number of hydrogen-bond donors (Lipinski definition) is 1. The first-order chi connectivity index (χ1) is 15.8. The standard InChI is InChI=1S/C24H20Cl2FN3O2S/c1-14-4-3-5-15(2)22(14)32-12-16-8-21(33-13-16)24(31)28-23-20(26)11-30(29-23)10-17-6-7-18(27)9-19(17)25/h3-9,11,13H,10,12H2,1-2H3,(H,28,29,31). The van der Waals surface area contributed by atoms with E-state index in [9.17, 15) is 9.18 Å². The van der Waals surface area contributed by atoms with Gasteiger partial charge >= 0.3 is 0 Å². The zero-order valence-electron chi connectivity index (χ0n) is 17.9. The van der Waals surface area contributed by atoms with Crippen molar-refractivity contribution in [2.75, 3.05) is 5.32 Å². The summed E-state index contributed by atoms with van der Waals surface area (Å²) < 4.78 is 20.8. The Morgan fingerprint density at radius 2 is 1.91 bits per heavy atom. The highest BCUT2D eigenvalue weighted by Gasteiger charge is 2.15. The van der Waals surface area contributed by atoms with Gasteiger partial charge in [-0.1, -0.05) is 47.5 Å². The van der Waals surface area contributed by atoms with Gasteiger partial charge in [-0.15, -0.1) is 11.3 Å². The molecule has 1 amide bonds. The van der Waals surface area contributed by atoms with Crippen LogP contribution in [0.3, 0.4) is 0 Å². The van der Waals surface area contributed by atoms with Crippen molar-refractivity contribution in [3.05, 3.63) is 97.0 Å². The number of anilines is 1. The number of rotatable bonds is 7. The van der Waals surface area contributed by atoms with Gasteiger partial charge < -0.3 is 10.1 Å². The minimum atomic E-state index is -0.412. The van der Waals surface area contributed by atoms with E-state index in [-0.39, 0.29) is 23.3 Å². The van der Waals surface area contributed by atoms with Crippen molar-refractivity contribution < 1.29 is 13.9 Å². The number of carbonyl (C=O) groups excluding carboxylic acids is 1. The number of nitrogens with zero attached hydrogens (tertiary/aromatic N) is 2. The average Bonchev–Trinajstić information content (AvgIpc) is 3.36. The zero-order chi connectivity index (χ0) is 23.5. The molecule has 2 aromatic carbocycles. The molecule has 0 fully saturated rings. The molecule has 0 radical (unpaired) electrons. The molecule has 0 aliphatic heterocycles. The number of benzene rings is 2. The molecule has 0 spiro atoms. The van der Waals surface area contributed by atoms with Crippen LogP contribution in [-0.2, 0) is 13.2 Å². The Morgan fingerprint density at radius 3 is 2.64 bits per heavy atom. The SMILES string of the molecule is Cc1cccc(C)c1OCc1csc(C(=O)Nc2nn(Cc3ccc(F)cc3Cl)cc2Cl)c1. The molecule has 0 bridgehead atoms. The van der Waals surface area contributed by atoms with Gasteiger partial charge in [0, 0.05) is 16.8 Å². The summed E-state index contributed by atoms with van der Waals surface area (Å²) in [7, 11) is 0. The molecule has 0 atom stereocenters. The van der Waals surface area contributed by atoms with Gasteiger partial charge in [0.15, 0.2) is 5.82 Å². The van der Waals surface area contributed by atoms with Crippen LogP contribution in [0.15, 0.2) is 54.0 Å². The average molecular weight is 504 g/mol. The Morgan fingerprint density at radius 1 is 1.15 bits per heavy atom. The lowest BCUT2D eigenvalue weighted by molar-refractivity contribution is 0.103. The van der Waals surface area contributed by atoms with Crippen molar-refractivity contribution in [3.8, 4) is 5.75 Å². The highest BCUT2D eigenvalue weighted by molar-refractivity contribution is 7.12. The van der Waals surface area contributed by atoms with Gasteiger partial charge in [-0.2, -0.15) is 5.10 Å². The van der Waals surface area contributed by atoms with Crippen molar-refractivity contribution in [2.24, 2.45) is 0 Å². The maximum atomic E-state index is 13.2. The zero-order valence-corrected chi connectivity index (χ0v) is 20.2. The van der Waals surface area contributed by atoms with Gasteiger partial charge in [-0.25, -0.2) is 4.39 Å². The van der Waals surface area contributed by atoms with Crippen LogP contribution >= 0.6 is 34.5 Å². The first kappa shape index (κ1) is 23.3. The minimum Gasteiger partial charge on any atom is -0.488 e. The van der Waals surface area contributed by atoms with Crippen LogP contribution in [0.4, 0.5) is 10.2 Å². The molecule has 5 nitrogen and oxygen atoms in total. The van der Waals surface area contributed by atoms with Crippen LogP contribution in [0.1, 0.15) is 31.9 Å². The molecule has 2 heterocycles. The van der Waals surface area contributed by atoms with E-state index in [0.29, 0.717) is 22.1 Å². The van der Waals surface area contributed by atoms with Gasteiger partial charge in [0.2, 0.25) is 0 Å². The quantitative estimate of drug-likeness (QED) is 0.298. The van der Waals surface area contributed by atoms with Gasteiger partial charge in [-0.3, -0.25) is 9.48 Å². The number of carbonyl (C=O) groups is 1. The second-order valence-corrected chi connectivity index (χ2v) is 9.27. The second kappa shape index (κ2) is 9.95. The van der Waals surface area contributed by atoms with Crippen molar-refractivity contribution in [1.82, 2.24) is 9.78 Å². The largest absolute Gasteiger partial charge is 0.488 e. The van der Waals surface area contributed by atoms with Crippen LogP contribution in [0.5, 0.6) is 5.75 Å². The van der Waals surface area contributed by atoms with E-state index in [4.69, 9.17) is 27.9 Å². The summed E-state index contributed by atoms with van der Waals surface area (Å²) >= 11 is 13.7. The smallest absolute Gasteiger partial charge is 0.266 e. The maximum absolute atomic E-state index is 13.2. The van der Waals surface area contributed by atoms with Crippen LogP contribution < -0.4 is 10.1 Å². The van der Waals surface area contributed by atoms with Crippen LogP contribution in [0.25, 0.3) is 0 Å². The van der Waals surface area contributed by atoms with E-state index in [2.05, 4.69) is 10.4 Å². The number of amides is 1. The minimum absolute atomic E-state index is 0.238. The molecule has 4 rings (SSSR count). The molecule has 0 saturated heterocycles. The number of hydrogen-bond acceptors (Lipinski definition) is 4. The van der Waals surface area contributed by atoms with Crippen LogP contribution in [0, 0.1) is 19.7 Å². The van der Waals surface area contributed by atoms with E-state index < -0.39 is 5.82 Å². The first-order valence-electron chi connectivity index (χ1n) is 10.0. The third-order valence-electron chi connectivity index (χ3n) is 4.97. The van der Waals surface area contributed by atoms with E-state index >= 15 is 0 Å². The monoisotopic (exact) mass is 503 g/mol. The summed E-state index contributed by atoms with van der Waals surface area (Å²) in [5.41, 5.74) is 3.71.